The van der Waals surface area contributed by atoms with Crippen molar-refractivity contribution in [2.75, 3.05) is 0 Å². The molecule has 0 N–H and O–H groups in total. The van der Waals surface area contributed by atoms with Crippen molar-refractivity contribution in [1.82, 2.24) is 0 Å². The lowest BCUT2D eigenvalue weighted by molar-refractivity contribution is -0.198. The molecule has 2 saturated heterocycles. The van der Waals surface area contributed by atoms with Crippen molar-refractivity contribution in [2.24, 2.45) is 0 Å². The molecule has 0 saturated carbocycles. The Morgan fingerprint density at radius 3 is 2.17 bits per heavy atom. The number of ether oxygens (including phenoxy) is 2. The first-order valence-corrected chi connectivity index (χ1v) is 10.7. The van der Waals surface area contributed by atoms with E-state index in [2.05, 4.69) is 13.8 Å². The maximum absolute atomic E-state index is 6.46. The van der Waals surface area contributed by atoms with Crippen molar-refractivity contribution in [2.45, 2.75) is 135 Å². The molecular formula is C21H40O2. The normalized spacial score (nSPS) is 30.0. The van der Waals surface area contributed by atoms with E-state index >= 15 is 0 Å². The summed E-state index contributed by atoms with van der Waals surface area (Å²) < 4.78 is 12.8. The molecular weight excluding hydrogens is 284 g/mol. The Kier molecular flexibility index (Phi) is 8.97. The van der Waals surface area contributed by atoms with Crippen molar-refractivity contribution >= 4 is 0 Å². The molecule has 0 aromatic carbocycles. The molecule has 2 rings (SSSR count). The van der Waals surface area contributed by atoms with Gasteiger partial charge >= 0.3 is 0 Å². The van der Waals surface area contributed by atoms with Crippen LogP contribution in [0.5, 0.6) is 0 Å². The third-order valence-corrected chi connectivity index (χ3v) is 5.70. The van der Waals surface area contributed by atoms with Crippen molar-refractivity contribution in [3.8, 4) is 0 Å². The molecule has 136 valence electrons. The maximum atomic E-state index is 6.46. The van der Waals surface area contributed by atoms with Gasteiger partial charge in [-0.25, -0.2) is 0 Å². The van der Waals surface area contributed by atoms with Crippen molar-refractivity contribution in [3.05, 3.63) is 0 Å². The fourth-order valence-corrected chi connectivity index (χ4v) is 4.28. The molecule has 0 radical (unpaired) electrons. The SMILES string of the molecule is CCCCCCCCCCC12CCCC(O1)C(CCCCC)O2. The third-order valence-electron chi connectivity index (χ3n) is 5.70. The summed E-state index contributed by atoms with van der Waals surface area (Å²) in [6.45, 7) is 4.56. The van der Waals surface area contributed by atoms with Gasteiger partial charge in [-0.1, -0.05) is 78.1 Å². The summed E-state index contributed by atoms with van der Waals surface area (Å²) in [6.07, 6.45) is 21.7. The predicted molar refractivity (Wildman–Crippen MR) is 97.7 cm³/mol. The Morgan fingerprint density at radius 2 is 1.43 bits per heavy atom. The van der Waals surface area contributed by atoms with Crippen LogP contribution in [0.15, 0.2) is 0 Å². The summed E-state index contributed by atoms with van der Waals surface area (Å²) in [5.41, 5.74) is 0. The minimum Gasteiger partial charge on any atom is -0.344 e. The molecule has 2 heterocycles. The highest BCUT2D eigenvalue weighted by atomic mass is 16.8. The minimum absolute atomic E-state index is 0.192. The van der Waals surface area contributed by atoms with Gasteiger partial charge in [-0.15, -0.1) is 0 Å². The second-order valence-corrected chi connectivity index (χ2v) is 7.84. The summed E-state index contributed by atoms with van der Waals surface area (Å²) in [5.74, 6) is -0.192. The smallest absolute Gasteiger partial charge is 0.169 e. The van der Waals surface area contributed by atoms with Crippen LogP contribution in [0.3, 0.4) is 0 Å². The fourth-order valence-electron chi connectivity index (χ4n) is 4.28. The van der Waals surface area contributed by atoms with E-state index in [1.807, 2.05) is 0 Å². The van der Waals surface area contributed by atoms with Crippen LogP contribution < -0.4 is 0 Å². The van der Waals surface area contributed by atoms with Gasteiger partial charge in [-0.3, -0.25) is 0 Å². The van der Waals surface area contributed by atoms with Gasteiger partial charge in [0.05, 0.1) is 12.2 Å². The van der Waals surface area contributed by atoms with E-state index in [1.54, 1.807) is 0 Å². The molecule has 2 aliphatic rings. The van der Waals surface area contributed by atoms with E-state index < -0.39 is 0 Å². The quantitative estimate of drug-likeness (QED) is 0.348. The molecule has 2 bridgehead atoms. The highest BCUT2D eigenvalue weighted by Crippen LogP contribution is 2.44. The first-order valence-electron chi connectivity index (χ1n) is 10.7. The van der Waals surface area contributed by atoms with Crippen molar-refractivity contribution in [1.29, 1.82) is 0 Å². The molecule has 2 aliphatic heterocycles. The van der Waals surface area contributed by atoms with E-state index in [0.717, 1.165) is 12.8 Å². The minimum atomic E-state index is -0.192. The Hall–Kier alpha value is -0.0800. The lowest BCUT2D eigenvalue weighted by Gasteiger charge is -2.31. The zero-order valence-electron chi connectivity index (χ0n) is 15.8. The zero-order chi connectivity index (χ0) is 16.4. The molecule has 0 amide bonds. The Morgan fingerprint density at radius 1 is 0.783 bits per heavy atom. The Balaban J connectivity index is 1.60. The van der Waals surface area contributed by atoms with Gasteiger partial charge in [0.2, 0.25) is 0 Å². The van der Waals surface area contributed by atoms with Crippen LogP contribution in [0, 0.1) is 0 Å². The van der Waals surface area contributed by atoms with E-state index in [-0.39, 0.29) is 5.79 Å². The number of hydrogen-bond acceptors (Lipinski definition) is 2. The van der Waals surface area contributed by atoms with E-state index in [4.69, 9.17) is 9.47 Å². The lowest BCUT2D eigenvalue weighted by atomic mass is 9.96. The monoisotopic (exact) mass is 324 g/mol. The molecule has 3 atom stereocenters. The first kappa shape index (κ1) is 19.2. The fraction of sp³-hybridized carbons (Fsp3) is 1.00. The molecule has 0 aromatic rings. The standard InChI is InChI=1S/C21H40O2/c1-3-5-7-8-9-10-11-13-17-21-18-14-16-20(23-21)19(22-21)15-12-6-4-2/h19-20H,3-18H2,1-2H3. The van der Waals surface area contributed by atoms with Gasteiger partial charge in [0.25, 0.3) is 0 Å². The van der Waals surface area contributed by atoms with Gasteiger partial charge in [-0.05, 0) is 25.7 Å². The summed E-state index contributed by atoms with van der Waals surface area (Å²) >= 11 is 0. The van der Waals surface area contributed by atoms with Gasteiger partial charge < -0.3 is 9.47 Å². The van der Waals surface area contributed by atoms with Gasteiger partial charge in [-0.2, -0.15) is 0 Å². The van der Waals surface area contributed by atoms with Crippen LogP contribution in [0.1, 0.15) is 117 Å². The maximum Gasteiger partial charge on any atom is 0.169 e. The van der Waals surface area contributed by atoms with E-state index in [1.165, 1.54) is 89.9 Å². The molecule has 2 fully saturated rings. The molecule has 2 heteroatoms. The average Bonchev–Trinajstić information content (AvgIpc) is 2.80. The number of unbranched alkanes of at least 4 members (excludes halogenated alkanes) is 9. The molecule has 3 unspecified atom stereocenters. The van der Waals surface area contributed by atoms with Gasteiger partial charge in [0.1, 0.15) is 0 Å². The summed E-state index contributed by atoms with van der Waals surface area (Å²) in [7, 11) is 0. The Labute approximate surface area is 144 Å². The topological polar surface area (TPSA) is 18.5 Å². The van der Waals surface area contributed by atoms with Gasteiger partial charge in [0.15, 0.2) is 5.79 Å². The lowest BCUT2D eigenvalue weighted by Crippen LogP contribution is -2.34. The van der Waals surface area contributed by atoms with Crippen molar-refractivity contribution < 1.29 is 9.47 Å². The highest BCUT2D eigenvalue weighted by molar-refractivity contribution is 4.90. The molecule has 23 heavy (non-hydrogen) atoms. The third kappa shape index (κ3) is 6.38. The van der Waals surface area contributed by atoms with Crippen LogP contribution in [0.25, 0.3) is 0 Å². The van der Waals surface area contributed by atoms with Gasteiger partial charge in [0, 0.05) is 12.8 Å². The summed E-state index contributed by atoms with van der Waals surface area (Å²) in [5, 5.41) is 0. The highest BCUT2D eigenvalue weighted by Gasteiger charge is 2.49. The second-order valence-electron chi connectivity index (χ2n) is 7.84. The Bertz CT molecular complexity index is 304. The second kappa shape index (κ2) is 10.7. The van der Waals surface area contributed by atoms with Crippen molar-refractivity contribution in [3.63, 3.8) is 0 Å². The predicted octanol–water partition coefficient (Wildman–Crippen LogP) is 6.76. The van der Waals surface area contributed by atoms with E-state index in [9.17, 15) is 0 Å². The molecule has 0 aromatic heterocycles. The van der Waals surface area contributed by atoms with Crippen LogP contribution >= 0.6 is 0 Å². The van der Waals surface area contributed by atoms with Crippen LogP contribution in [0.4, 0.5) is 0 Å². The number of fused-ring (bicyclic) bond motifs is 2. The van der Waals surface area contributed by atoms with E-state index in [0.29, 0.717) is 12.2 Å². The largest absolute Gasteiger partial charge is 0.344 e. The zero-order valence-corrected chi connectivity index (χ0v) is 15.8. The molecule has 0 aliphatic carbocycles. The first-order chi connectivity index (χ1) is 11.3. The molecule has 2 nitrogen and oxygen atoms in total. The average molecular weight is 325 g/mol. The summed E-state index contributed by atoms with van der Waals surface area (Å²) in [4.78, 5) is 0. The number of rotatable bonds is 13. The van der Waals surface area contributed by atoms with Crippen LogP contribution in [0.2, 0.25) is 0 Å². The van der Waals surface area contributed by atoms with Crippen LogP contribution in [-0.2, 0) is 9.47 Å². The number of hydrogen-bond donors (Lipinski definition) is 0. The summed E-state index contributed by atoms with van der Waals surface area (Å²) in [6, 6.07) is 0. The molecule has 0 spiro atoms. The van der Waals surface area contributed by atoms with Crippen LogP contribution in [-0.4, -0.2) is 18.0 Å².